The Hall–Kier alpha value is 0.290. The van der Waals surface area contributed by atoms with E-state index in [0.717, 1.165) is 4.90 Å². The largest absolute Gasteiger partial charge is 0.261 e. The van der Waals surface area contributed by atoms with Gasteiger partial charge in [0.2, 0.25) is 0 Å². The van der Waals surface area contributed by atoms with Crippen LogP contribution in [0.4, 0.5) is 0 Å². The molecule has 0 saturated carbocycles. The topological polar surface area (TPSA) is 34.1 Å². The standard InChI is InChI=1S/C6H4BrClO2S2/c7-11-5-2-1-3-6(4-5)12(8,9)10/h1-4H. The zero-order valence-electron chi connectivity index (χ0n) is 5.70. The summed E-state index contributed by atoms with van der Waals surface area (Å²) in [6.07, 6.45) is 0. The fraction of sp³-hybridized carbons (Fsp3) is 0. The van der Waals surface area contributed by atoms with Gasteiger partial charge in [-0.25, -0.2) is 8.42 Å². The fourth-order valence-corrected chi connectivity index (χ4v) is 2.45. The van der Waals surface area contributed by atoms with Crippen molar-refractivity contribution in [3.8, 4) is 0 Å². The number of benzene rings is 1. The summed E-state index contributed by atoms with van der Waals surface area (Å²) in [6.45, 7) is 0. The van der Waals surface area contributed by atoms with Crippen LogP contribution in [0.15, 0.2) is 34.1 Å². The molecule has 0 bridgehead atoms. The molecule has 0 aromatic heterocycles. The lowest BCUT2D eigenvalue weighted by Crippen LogP contribution is -1.89. The summed E-state index contributed by atoms with van der Waals surface area (Å²) >= 11 is 3.14. The third-order valence-electron chi connectivity index (χ3n) is 1.18. The minimum absolute atomic E-state index is 0.119. The van der Waals surface area contributed by atoms with Crippen LogP contribution in [0, 0.1) is 0 Å². The average Bonchev–Trinajstić information content (AvgIpc) is 2.03. The van der Waals surface area contributed by atoms with Crippen molar-refractivity contribution in [2.75, 3.05) is 0 Å². The third-order valence-corrected chi connectivity index (χ3v) is 4.08. The first-order chi connectivity index (χ1) is 5.54. The molecule has 0 unspecified atom stereocenters. The van der Waals surface area contributed by atoms with Crippen LogP contribution in [-0.2, 0) is 9.05 Å². The molecule has 2 nitrogen and oxygen atoms in total. The Labute approximate surface area is 86.9 Å². The summed E-state index contributed by atoms with van der Waals surface area (Å²) in [5.41, 5.74) is 0. The van der Waals surface area contributed by atoms with Crippen LogP contribution >= 0.6 is 35.7 Å². The van der Waals surface area contributed by atoms with E-state index >= 15 is 0 Å². The van der Waals surface area contributed by atoms with Crippen molar-refractivity contribution in [3.63, 3.8) is 0 Å². The highest BCUT2D eigenvalue weighted by molar-refractivity contribution is 9.50. The Morgan fingerprint density at radius 3 is 2.58 bits per heavy atom. The first kappa shape index (κ1) is 10.4. The van der Waals surface area contributed by atoms with Crippen LogP contribution in [0.3, 0.4) is 0 Å². The maximum atomic E-state index is 10.8. The Morgan fingerprint density at radius 2 is 2.08 bits per heavy atom. The molecule has 0 aliphatic heterocycles. The number of hydrogen-bond donors (Lipinski definition) is 0. The number of halogens is 2. The monoisotopic (exact) mass is 286 g/mol. The van der Waals surface area contributed by atoms with Crippen LogP contribution in [0.1, 0.15) is 0 Å². The molecular formula is C6H4BrClO2S2. The van der Waals surface area contributed by atoms with Crippen LogP contribution in [-0.4, -0.2) is 8.42 Å². The molecule has 0 saturated heterocycles. The van der Waals surface area contributed by atoms with E-state index in [1.54, 1.807) is 12.1 Å². The molecule has 1 aromatic carbocycles. The summed E-state index contributed by atoms with van der Waals surface area (Å²) in [4.78, 5) is 0.922. The van der Waals surface area contributed by atoms with E-state index in [1.165, 1.54) is 22.3 Å². The van der Waals surface area contributed by atoms with E-state index in [-0.39, 0.29) is 4.90 Å². The predicted octanol–water partition coefficient (Wildman–Crippen LogP) is 3.02. The van der Waals surface area contributed by atoms with Gasteiger partial charge < -0.3 is 0 Å². The summed E-state index contributed by atoms with van der Waals surface area (Å²) in [5, 5.41) is 0. The van der Waals surface area contributed by atoms with Gasteiger partial charge in [-0.2, -0.15) is 0 Å². The molecule has 66 valence electrons. The smallest absolute Gasteiger partial charge is 0.207 e. The minimum Gasteiger partial charge on any atom is -0.207 e. The Morgan fingerprint density at radius 1 is 1.42 bits per heavy atom. The predicted molar refractivity (Wildman–Crippen MR) is 54.3 cm³/mol. The van der Waals surface area contributed by atoms with E-state index in [4.69, 9.17) is 10.7 Å². The molecule has 1 rings (SSSR count). The molecule has 0 heterocycles. The Bertz CT molecular complexity index is 377. The van der Waals surface area contributed by atoms with Crippen LogP contribution in [0.5, 0.6) is 0 Å². The van der Waals surface area contributed by atoms with Gasteiger partial charge in [0, 0.05) is 15.6 Å². The van der Waals surface area contributed by atoms with Crippen molar-refractivity contribution in [1.29, 1.82) is 0 Å². The zero-order valence-corrected chi connectivity index (χ0v) is 9.67. The molecule has 0 fully saturated rings. The van der Waals surface area contributed by atoms with Gasteiger partial charge in [0.25, 0.3) is 9.05 Å². The van der Waals surface area contributed by atoms with Crippen LogP contribution in [0.25, 0.3) is 0 Å². The van der Waals surface area contributed by atoms with E-state index in [1.807, 2.05) is 0 Å². The lowest BCUT2D eigenvalue weighted by Gasteiger charge is -1.97. The van der Waals surface area contributed by atoms with Gasteiger partial charge in [-0.1, -0.05) is 6.07 Å². The highest BCUT2D eigenvalue weighted by Crippen LogP contribution is 2.27. The van der Waals surface area contributed by atoms with E-state index in [9.17, 15) is 8.42 Å². The van der Waals surface area contributed by atoms with Gasteiger partial charge in [0.1, 0.15) is 0 Å². The fourth-order valence-electron chi connectivity index (χ4n) is 0.674. The summed E-state index contributed by atoms with van der Waals surface area (Å²) in [5.74, 6) is 0. The molecule has 0 aliphatic rings. The van der Waals surface area contributed by atoms with Crippen molar-refractivity contribution in [3.05, 3.63) is 24.3 Å². The molecular weight excluding hydrogens is 284 g/mol. The highest BCUT2D eigenvalue weighted by atomic mass is 79.9. The minimum atomic E-state index is -3.60. The van der Waals surface area contributed by atoms with Crippen LogP contribution < -0.4 is 0 Å². The molecule has 12 heavy (non-hydrogen) atoms. The molecule has 0 radical (unpaired) electrons. The van der Waals surface area contributed by atoms with Crippen molar-refractivity contribution >= 4 is 44.7 Å². The van der Waals surface area contributed by atoms with Gasteiger partial charge >= 0.3 is 0 Å². The summed E-state index contributed by atoms with van der Waals surface area (Å²) < 4.78 is 21.7. The van der Waals surface area contributed by atoms with Crippen LogP contribution in [0.2, 0.25) is 0 Å². The zero-order chi connectivity index (χ0) is 9.19. The van der Waals surface area contributed by atoms with Gasteiger partial charge in [-0.05, 0) is 43.2 Å². The molecule has 0 N–H and O–H groups in total. The highest BCUT2D eigenvalue weighted by Gasteiger charge is 2.09. The Kier molecular flexibility index (Phi) is 3.46. The van der Waals surface area contributed by atoms with Crippen molar-refractivity contribution < 1.29 is 8.42 Å². The first-order valence-electron chi connectivity index (χ1n) is 2.87. The molecule has 6 heteroatoms. The second-order valence-electron chi connectivity index (χ2n) is 1.99. The van der Waals surface area contributed by atoms with E-state index in [2.05, 4.69) is 14.8 Å². The second kappa shape index (κ2) is 4.00. The summed E-state index contributed by atoms with van der Waals surface area (Å²) in [6, 6.07) is 6.38. The average molecular weight is 288 g/mol. The van der Waals surface area contributed by atoms with Crippen molar-refractivity contribution in [1.82, 2.24) is 0 Å². The lowest BCUT2D eigenvalue weighted by molar-refractivity contribution is 0.609. The Balaban J connectivity index is 3.20. The van der Waals surface area contributed by atoms with Crippen molar-refractivity contribution in [2.45, 2.75) is 9.79 Å². The number of rotatable bonds is 2. The maximum absolute atomic E-state index is 10.8. The quantitative estimate of drug-likeness (QED) is 0.784. The third kappa shape index (κ3) is 2.65. The SMILES string of the molecule is O=S(=O)(Cl)c1cccc(SBr)c1. The molecule has 0 aliphatic carbocycles. The number of hydrogen-bond acceptors (Lipinski definition) is 3. The van der Waals surface area contributed by atoms with E-state index in [0.29, 0.717) is 0 Å². The van der Waals surface area contributed by atoms with Gasteiger partial charge in [0.15, 0.2) is 0 Å². The normalized spacial score (nSPS) is 11.5. The van der Waals surface area contributed by atoms with Gasteiger partial charge in [-0.15, -0.1) is 0 Å². The molecule has 1 aromatic rings. The molecule has 0 spiro atoms. The summed E-state index contributed by atoms with van der Waals surface area (Å²) in [7, 11) is 2.83. The lowest BCUT2D eigenvalue weighted by atomic mass is 10.4. The van der Waals surface area contributed by atoms with Crippen molar-refractivity contribution in [2.24, 2.45) is 0 Å². The van der Waals surface area contributed by atoms with Gasteiger partial charge in [0.05, 0.1) is 4.90 Å². The molecule has 0 atom stereocenters. The van der Waals surface area contributed by atoms with E-state index < -0.39 is 9.05 Å². The first-order valence-corrected chi connectivity index (χ1v) is 7.84. The second-order valence-corrected chi connectivity index (χ2v) is 6.15. The maximum Gasteiger partial charge on any atom is 0.261 e. The molecule has 0 amide bonds. The van der Waals surface area contributed by atoms with Gasteiger partial charge in [-0.3, -0.25) is 0 Å².